The largest absolute Gasteiger partial charge is 0.348 e. The summed E-state index contributed by atoms with van der Waals surface area (Å²) in [5.74, 6) is 1.14. The summed E-state index contributed by atoms with van der Waals surface area (Å²) in [4.78, 5) is 25.6. The fraction of sp³-hybridized carbons (Fsp3) is 0.619. The number of rotatable bonds is 6. The summed E-state index contributed by atoms with van der Waals surface area (Å²) < 4.78 is 0. The number of para-hydroxylation sites is 1. The first-order valence-corrected chi connectivity index (χ1v) is 9.74. The molecule has 2 amide bonds. The third-order valence-corrected chi connectivity index (χ3v) is 5.72. The van der Waals surface area contributed by atoms with Gasteiger partial charge in [-0.05, 0) is 43.2 Å². The quantitative estimate of drug-likeness (QED) is 0.723. The van der Waals surface area contributed by atoms with E-state index in [1.54, 1.807) is 0 Å². The highest BCUT2D eigenvalue weighted by Gasteiger charge is 2.28. The Hall–Kier alpha value is -1.88. The lowest BCUT2D eigenvalue weighted by molar-refractivity contribution is -0.862. The molecule has 144 valence electrons. The van der Waals surface area contributed by atoms with Crippen LogP contribution in [0.2, 0.25) is 0 Å². The van der Waals surface area contributed by atoms with Crippen molar-refractivity contribution >= 4 is 17.5 Å². The molecule has 5 heteroatoms. The molecule has 0 spiro atoms. The molecule has 1 aromatic rings. The van der Waals surface area contributed by atoms with Gasteiger partial charge in [0.05, 0.1) is 7.05 Å². The van der Waals surface area contributed by atoms with Crippen molar-refractivity contribution < 1.29 is 14.5 Å². The predicted molar refractivity (Wildman–Crippen MR) is 105 cm³/mol. The molecule has 1 unspecified atom stereocenters. The van der Waals surface area contributed by atoms with Gasteiger partial charge in [0.1, 0.15) is 0 Å². The molecule has 26 heavy (non-hydrogen) atoms. The molecule has 1 aromatic carbocycles. The lowest BCUT2D eigenvalue weighted by Gasteiger charge is -2.34. The van der Waals surface area contributed by atoms with Gasteiger partial charge >= 0.3 is 0 Å². The Morgan fingerprint density at radius 2 is 1.69 bits per heavy atom. The van der Waals surface area contributed by atoms with Crippen LogP contribution in [0.5, 0.6) is 0 Å². The van der Waals surface area contributed by atoms with Crippen LogP contribution in [0.15, 0.2) is 18.2 Å². The van der Waals surface area contributed by atoms with Crippen molar-refractivity contribution in [2.75, 3.05) is 25.5 Å². The number of nitrogens with one attached hydrogen (secondary N) is 3. The van der Waals surface area contributed by atoms with Crippen LogP contribution >= 0.6 is 0 Å². The Kier molecular flexibility index (Phi) is 7.21. The Balaban J connectivity index is 1.81. The second-order valence-electron chi connectivity index (χ2n) is 8.07. The molecule has 1 saturated carbocycles. The van der Waals surface area contributed by atoms with E-state index in [2.05, 4.69) is 24.5 Å². The number of anilines is 1. The Labute approximate surface area is 157 Å². The molecule has 0 bridgehead atoms. The van der Waals surface area contributed by atoms with Crippen molar-refractivity contribution in [2.45, 2.75) is 53.0 Å². The minimum absolute atomic E-state index is 0.0355. The van der Waals surface area contributed by atoms with E-state index in [1.165, 1.54) is 12.8 Å². The zero-order valence-corrected chi connectivity index (χ0v) is 16.8. The van der Waals surface area contributed by atoms with E-state index in [1.807, 2.05) is 39.1 Å². The average Bonchev–Trinajstić information content (AvgIpc) is 2.55. The van der Waals surface area contributed by atoms with Gasteiger partial charge in [0, 0.05) is 11.7 Å². The fourth-order valence-corrected chi connectivity index (χ4v) is 3.85. The first kappa shape index (κ1) is 20.4. The molecule has 2 rings (SSSR count). The first-order valence-electron chi connectivity index (χ1n) is 9.74. The fourth-order valence-electron chi connectivity index (χ4n) is 3.85. The number of amides is 2. The summed E-state index contributed by atoms with van der Waals surface area (Å²) in [7, 11) is 1.89. The molecule has 0 aromatic heterocycles. The lowest BCUT2D eigenvalue weighted by Crippen LogP contribution is -3.11. The van der Waals surface area contributed by atoms with Crippen molar-refractivity contribution in [3.63, 3.8) is 0 Å². The highest BCUT2D eigenvalue weighted by atomic mass is 16.2. The lowest BCUT2D eigenvalue weighted by atomic mass is 9.78. The van der Waals surface area contributed by atoms with Crippen LogP contribution in [0, 0.1) is 25.7 Å². The van der Waals surface area contributed by atoms with Crippen LogP contribution in [0.4, 0.5) is 5.69 Å². The number of hydrogen-bond acceptors (Lipinski definition) is 2. The molecular weight excluding hydrogens is 326 g/mol. The summed E-state index contributed by atoms with van der Waals surface area (Å²) >= 11 is 0. The molecule has 5 nitrogen and oxygen atoms in total. The van der Waals surface area contributed by atoms with Crippen molar-refractivity contribution in [3.05, 3.63) is 29.3 Å². The van der Waals surface area contributed by atoms with E-state index < -0.39 is 0 Å². The van der Waals surface area contributed by atoms with E-state index in [0.717, 1.165) is 28.1 Å². The third kappa shape index (κ3) is 5.56. The van der Waals surface area contributed by atoms with Crippen molar-refractivity contribution in [3.8, 4) is 0 Å². The number of quaternary nitrogens is 1. The summed E-state index contributed by atoms with van der Waals surface area (Å²) in [6, 6.07) is 6.22. The second-order valence-corrected chi connectivity index (χ2v) is 8.07. The van der Waals surface area contributed by atoms with Crippen LogP contribution < -0.4 is 15.5 Å². The maximum absolute atomic E-state index is 12.4. The number of carbonyl (C=O) groups excluding carboxylic acids is 2. The van der Waals surface area contributed by atoms with Gasteiger partial charge in [-0.2, -0.15) is 0 Å². The van der Waals surface area contributed by atoms with Crippen LogP contribution in [0.1, 0.15) is 44.2 Å². The Morgan fingerprint density at radius 3 is 2.35 bits per heavy atom. The van der Waals surface area contributed by atoms with Gasteiger partial charge in [-0.3, -0.25) is 9.59 Å². The molecule has 1 aliphatic rings. The topological polar surface area (TPSA) is 62.6 Å². The maximum Gasteiger partial charge on any atom is 0.279 e. The van der Waals surface area contributed by atoms with E-state index in [-0.39, 0.29) is 24.4 Å². The Morgan fingerprint density at radius 1 is 1.08 bits per heavy atom. The molecule has 0 aliphatic heterocycles. The van der Waals surface area contributed by atoms with Crippen LogP contribution in [-0.2, 0) is 9.59 Å². The summed E-state index contributed by atoms with van der Waals surface area (Å²) in [5.41, 5.74) is 2.98. The normalized spacial score (nSPS) is 24.0. The molecule has 3 N–H and O–H groups in total. The SMILES string of the molecule is Cc1cccc(C)c1NC(=O)C[NH+](C)CC(=O)N[C@@H]1CCC[C@H](C)[C@@H]1C. The zero-order valence-electron chi connectivity index (χ0n) is 16.8. The average molecular weight is 361 g/mol. The zero-order chi connectivity index (χ0) is 19.3. The number of aryl methyl sites for hydroxylation is 2. The summed E-state index contributed by atoms with van der Waals surface area (Å²) in [6.45, 7) is 9.05. The Bertz CT molecular complexity index is 624. The molecule has 0 radical (unpaired) electrons. The van der Waals surface area contributed by atoms with Crippen molar-refractivity contribution in [1.82, 2.24) is 5.32 Å². The van der Waals surface area contributed by atoms with E-state index in [0.29, 0.717) is 18.4 Å². The van der Waals surface area contributed by atoms with Crippen LogP contribution in [-0.4, -0.2) is 38.0 Å². The molecule has 1 fully saturated rings. The maximum atomic E-state index is 12.4. The van der Waals surface area contributed by atoms with Gasteiger partial charge < -0.3 is 15.5 Å². The number of carbonyl (C=O) groups is 2. The van der Waals surface area contributed by atoms with Gasteiger partial charge in [-0.15, -0.1) is 0 Å². The number of benzene rings is 1. The minimum Gasteiger partial charge on any atom is -0.348 e. The van der Waals surface area contributed by atoms with E-state index in [9.17, 15) is 9.59 Å². The smallest absolute Gasteiger partial charge is 0.279 e. The van der Waals surface area contributed by atoms with E-state index in [4.69, 9.17) is 0 Å². The third-order valence-electron chi connectivity index (χ3n) is 5.72. The number of likely N-dealkylation sites (N-methyl/N-ethyl adjacent to an activating group) is 1. The van der Waals surface area contributed by atoms with E-state index >= 15 is 0 Å². The van der Waals surface area contributed by atoms with Gasteiger partial charge in [-0.1, -0.05) is 44.9 Å². The van der Waals surface area contributed by atoms with Crippen LogP contribution in [0.3, 0.4) is 0 Å². The molecule has 0 heterocycles. The van der Waals surface area contributed by atoms with Gasteiger partial charge in [0.25, 0.3) is 11.8 Å². The first-order chi connectivity index (χ1) is 12.3. The van der Waals surface area contributed by atoms with Crippen molar-refractivity contribution in [2.24, 2.45) is 11.8 Å². The molecule has 1 aliphatic carbocycles. The van der Waals surface area contributed by atoms with Gasteiger partial charge in [0.2, 0.25) is 0 Å². The van der Waals surface area contributed by atoms with Crippen LogP contribution in [0.25, 0.3) is 0 Å². The molecule has 0 saturated heterocycles. The summed E-state index contributed by atoms with van der Waals surface area (Å²) in [6.07, 6.45) is 3.48. The van der Waals surface area contributed by atoms with Gasteiger partial charge in [-0.25, -0.2) is 0 Å². The molecule has 4 atom stereocenters. The molecular formula is C21H34N3O2+. The number of hydrogen-bond donors (Lipinski definition) is 3. The highest BCUT2D eigenvalue weighted by Crippen LogP contribution is 2.29. The monoisotopic (exact) mass is 360 g/mol. The highest BCUT2D eigenvalue weighted by molar-refractivity contribution is 5.93. The second kappa shape index (κ2) is 9.17. The predicted octanol–water partition coefficient (Wildman–Crippen LogP) is 1.70. The standard InChI is InChI=1S/C21H33N3O2/c1-14-8-7-11-18(17(14)4)22-19(25)12-24(5)13-20(26)23-21-15(2)9-6-10-16(21)3/h6,9-10,14,17-18H,7-8,11-13H2,1-5H3,(H,22,25)(H,23,26)/p+1/t14-,17-,18+/m0/s1. The summed E-state index contributed by atoms with van der Waals surface area (Å²) in [5, 5.41) is 6.17. The minimum atomic E-state index is -0.0626. The van der Waals surface area contributed by atoms with Crippen molar-refractivity contribution in [1.29, 1.82) is 0 Å². The van der Waals surface area contributed by atoms with Gasteiger partial charge in [0.15, 0.2) is 13.1 Å².